The van der Waals surface area contributed by atoms with Gasteiger partial charge in [-0.2, -0.15) is 4.68 Å². The van der Waals surface area contributed by atoms with Crippen LogP contribution in [0.1, 0.15) is 44.7 Å². The largest absolute Gasteiger partial charge is 0.494 e. The van der Waals surface area contributed by atoms with Gasteiger partial charge in [0.2, 0.25) is 5.95 Å². The molecule has 2 heterocycles. The van der Waals surface area contributed by atoms with Crippen LogP contribution >= 0.6 is 0 Å². The van der Waals surface area contributed by atoms with Crippen molar-refractivity contribution < 1.29 is 14.3 Å². The number of carbonyl (C=O) groups excluding carboxylic acids is 1. The van der Waals surface area contributed by atoms with E-state index in [2.05, 4.69) is 27.8 Å². The maximum absolute atomic E-state index is 12.3. The molecular weight excluding hydrogens is 334 g/mol. The van der Waals surface area contributed by atoms with Crippen molar-refractivity contribution in [2.75, 3.05) is 19.0 Å². The molecular formula is C18H23N5O3. The van der Waals surface area contributed by atoms with E-state index in [-0.39, 0.29) is 0 Å². The Balaban J connectivity index is 1.87. The van der Waals surface area contributed by atoms with Gasteiger partial charge in [-0.05, 0) is 41.5 Å². The van der Waals surface area contributed by atoms with Crippen molar-refractivity contribution in [3.63, 3.8) is 0 Å². The Hall–Kier alpha value is -2.90. The van der Waals surface area contributed by atoms with Gasteiger partial charge in [-0.1, -0.05) is 37.0 Å². The molecule has 1 aromatic carbocycles. The standard InChI is InChI=1S/C18H23N5O3/c1-4-5-6-11-26-14-9-7-13(8-10-14)16-15(17(24)25-3)12(2)19-18-20-21-22-23(16)18/h7-10,16H,4-6,11H2,1-3H3,(H,19,20,22). The summed E-state index contributed by atoms with van der Waals surface area (Å²) in [6, 6.07) is 7.19. The topological polar surface area (TPSA) is 91.2 Å². The number of allylic oxidation sites excluding steroid dienone is 1. The van der Waals surface area contributed by atoms with E-state index in [0.717, 1.165) is 30.6 Å². The number of carbonyl (C=O) groups is 1. The first-order valence-electron chi connectivity index (χ1n) is 8.72. The second-order valence-corrected chi connectivity index (χ2v) is 6.13. The summed E-state index contributed by atoms with van der Waals surface area (Å²) in [5, 5.41) is 14.7. The fourth-order valence-corrected chi connectivity index (χ4v) is 2.98. The Kier molecular flexibility index (Phi) is 5.50. The van der Waals surface area contributed by atoms with Crippen molar-refractivity contribution in [3.05, 3.63) is 41.1 Å². The quantitative estimate of drug-likeness (QED) is 0.602. The van der Waals surface area contributed by atoms with Gasteiger partial charge in [0.15, 0.2) is 0 Å². The lowest BCUT2D eigenvalue weighted by atomic mass is 9.96. The zero-order valence-corrected chi connectivity index (χ0v) is 15.2. The first-order valence-corrected chi connectivity index (χ1v) is 8.72. The predicted molar refractivity (Wildman–Crippen MR) is 95.8 cm³/mol. The number of esters is 1. The van der Waals surface area contributed by atoms with Crippen LogP contribution in [-0.2, 0) is 9.53 Å². The number of benzene rings is 1. The summed E-state index contributed by atoms with van der Waals surface area (Å²) in [7, 11) is 1.36. The Morgan fingerprint density at radius 1 is 1.27 bits per heavy atom. The van der Waals surface area contributed by atoms with Crippen LogP contribution in [0.3, 0.4) is 0 Å². The summed E-state index contributed by atoms with van der Waals surface area (Å²) in [5.74, 6) is 0.872. The minimum atomic E-state index is -0.456. The molecule has 0 amide bonds. The molecule has 138 valence electrons. The van der Waals surface area contributed by atoms with Gasteiger partial charge < -0.3 is 14.8 Å². The lowest BCUT2D eigenvalue weighted by Crippen LogP contribution is -2.29. The number of aromatic nitrogens is 4. The van der Waals surface area contributed by atoms with E-state index in [1.807, 2.05) is 31.2 Å². The third kappa shape index (κ3) is 3.54. The highest BCUT2D eigenvalue weighted by atomic mass is 16.5. The highest BCUT2D eigenvalue weighted by Gasteiger charge is 2.34. The number of fused-ring (bicyclic) bond motifs is 1. The molecule has 3 rings (SSSR count). The molecule has 1 aliphatic rings. The number of anilines is 1. The van der Waals surface area contributed by atoms with E-state index in [1.165, 1.54) is 7.11 Å². The molecule has 2 aromatic rings. The van der Waals surface area contributed by atoms with Crippen LogP contribution in [-0.4, -0.2) is 39.9 Å². The molecule has 0 saturated heterocycles. The Bertz CT molecular complexity index is 797. The van der Waals surface area contributed by atoms with Crippen LogP contribution in [0.2, 0.25) is 0 Å². The second-order valence-electron chi connectivity index (χ2n) is 6.13. The molecule has 1 unspecified atom stereocenters. The van der Waals surface area contributed by atoms with E-state index in [0.29, 0.717) is 23.8 Å². The second kappa shape index (κ2) is 7.99. The van der Waals surface area contributed by atoms with Gasteiger partial charge in [0.25, 0.3) is 0 Å². The zero-order chi connectivity index (χ0) is 18.5. The monoisotopic (exact) mass is 357 g/mol. The molecule has 26 heavy (non-hydrogen) atoms. The van der Waals surface area contributed by atoms with Gasteiger partial charge in [-0.3, -0.25) is 0 Å². The average Bonchev–Trinajstić information content (AvgIpc) is 3.12. The Morgan fingerprint density at radius 2 is 2.04 bits per heavy atom. The molecule has 1 aliphatic heterocycles. The molecule has 0 fully saturated rings. The summed E-state index contributed by atoms with van der Waals surface area (Å²) in [4.78, 5) is 12.3. The maximum atomic E-state index is 12.3. The van der Waals surface area contributed by atoms with E-state index in [4.69, 9.17) is 9.47 Å². The van der Waals surface area contributed by atoms with Crippen molar-refractivity contribution in [1.82, 2.24) is 20.2 Å². The lowest BCUT2D eigenvalue weighted by Gasteiger charge is -2.27. The smallest absolute Gasteiger partial charge is 0.338 e. The molecule has 0 saturated carbocycles. The summed E-state index contributed by atoms with van der Waals surface area (Å²) in [5.41, 5.74) is 2.02. The van der Waals surface area contributed by atoms with Crippen LogP contribution in [0.5, 0.6) is 5.75 Å². The zero-order valence-electron chi connectivity index (χ0n) is 15.2. The molecule has 0 spiro atoms. The number of nitrogens with one attached hydrogen (secondary N) is 1. The van der Waals surface area contributed by atoms with E-state index in [1.54, 1.807) is 4.68 Å². The van der Waals surface area contributed by atoms with Gasteiger partial charge >= 0.3 is 5.97 Å². The van der Waals surface area contributed by atoms with E-state index in [9.17, 15) is 4.79 Å². The molecule has 0 aliphatic carbocycles. The first-order chi connectivity index (χ1) is 12.7. The summed E-state index contributed by atoms with van der Waals surface area (Å²) < 4.78 is 12.3. The minimum Gasteiger partial charge on any atom is -0.494 e. The van der Waals surface area contributed by atoms with Gasteiger partial charge in [0, 0.05) is 5.70 Å². The normalized spacial score (nSPS) is 16.0. The third-order valence-electron chi connectivity index (χ3n) is 4.33. The van der Waals surface area contributed by atoms with Crippen LogP contribution in [0.15, 0.2) is 35.5 Å². The third-order valence-corrected chi connectivity index (χ3v) is 4.33. The van der Waals surface area contributed by atoms with Crippen molar-refractivity contribution in [3.8, 4) is 5.75 Å². The van der Waals surface area contributed by atoms with E-state index >= 15 is 0 Å². The first kappa shape index (κ1) is 17.9. The van der Waals surface area contributed by atoms with Crippen LogP contribution in [0.25, 0.3) is 0 Å². The summed E-state index contributed by atoms with van der Waals surface area (Å²) in [6.45, 7) is 4.67. The van der Waals surface area contributed by atoms with Crippen molar-refractivity contribution in [1.29, 1.82) is 0 Å². The number of ether oxygens (including phenoxy) is 2. The lowest BCUT2D eigenvalue weighted by molar-refractivity contribution is -0.136. The van der Waals surface area contributed by atoms with Crippen LogP contribution < -0.4 is 10.1 Å². The molecule has 8 nitrogen and oxygen atoms in total. The fourth-order valence-electron chi connectivity index (χ4n) is 2.98. The fraction of sp³-hybridized carbons (Fsp3) is 0.444. The molecule has 0 radical (unpaired) electrons. The van der Waals surface area contributed by atoms with Crippen LogP contribution in [0.4, 0.5) is 5.95 Å². The maximum Gasteiger partial charge on any atom is 0.338 e. The Labute approximate surface area is 152 Å². The number of unbranched alkanes of at least 4 members (excludes halogenated alkanes) is 2. The minimum absolute atomic E-state index is 0.416. The molecule has 0 bridgehead atoms. The van der Waals surface area contributed by atoms with Crippen molar-refractivity contribution >= 4 is 11.9 Å². The van der Waals surface area contributed by atoms with Crippen LogP contribution in [0, 0.1) is 0 Å². The summed E-state index contributed by atoms with van der Waals surface area (Å²) >= 11 is 0. The number of tetrazole rings is 1. The van der Waals surface area contributed by atoms with Gasteiger partial charge in [0.1, 0.15) is 11.8 Å². The molecule has 1 aromatic heterocycles. The number of hydrogen-bond acceptors (Lipinski definition) is 7. The van der Waals surface area contributed by atoms with Gasteiger partial charge in [-0.15, -0.1) is 0 Å². The average molecular weight is 357 g/mol. The van der Waals surface area contributed by atoms with Gasteiger partial charge in [0.05, 0.1) is 19.3 Å². The highest BCUT2D eigenvalue weighted by Crippen LogP contribution is 2.35. The molecule has 1 atom stereocenters. The van der Waals surface area contributed by atoms with Crippen molar-refractivity contribution in [2.24, 2.45) is 0 Å². The van der Waals surface area contributed by atoms with Gasteiger partial charge in [-0.25, -0.2) is 4.79 Å². The van der Waals surface area contributed by atoms with Crippen molar-refractivity contribution in [2.45, 2.75) is 39.2 Å². The molecule has 1 N–H and O–H groups in total. The number of nitrogens with zero attached hydrogens (tertiary/aromatic N) is 4. The highest BCUT2D eigenvalue weighted by molar-refractivity contribution is 5.92. The number of rotatable bonds is 7. The Morgan fingerprint density at radius 3 is 2.73 bits per heavy atom. The summed E-state index contributed by atoms with van der Waals surface area (Å²) in [6.07, 6.45) is 3.35. The SMILES string of the molecule is CCCCCOc1ccc(C2C(C(=O)OC)=C(C)Nc3nnnn32)cc1. The number of methoxy groups -OCH3 is 1. The number of hydrogen-bond donors (Lipinski definition) is 1. The van der Waals surface area contributed by atoms with E-state index < -0.39 is 12.0 Å². The predicted octanol–water partition coefficient (Wildman–Crippen LogP) is 2.70. The molecule has 8 heteroatoms.